The van der Waals surface area contributed by atoms with Crippen LogP contribution in [0.4, 0.5) is 5.82 Å². The molecule has 2 heterocycles. The van der Waals surface area contributed by atoms with Crippen LogP contribution in [0.3, 0.4) is 0 Å². The molecule has 1 aliphatic heterocycles. The number of anilines is 1. The van der Waals surface area contributed by atoms with Gasteiger partial charge in [0, 0.05) is 24.9 Å². The Hall–Kier alpha value is -1.88. The largest absolute Gasteiger partial charge is 0.357 e. The van der Waals surface area contributed by atoms with Gasteiger partial charge in [0.2, 0.25) is 0 Å². The third-order valence-electron chi connectivity index (χ3n) is 4.54. The number of benzene rings is 1. The van der Waals surface area contributed by atoms with E-state index < -0.39 is 9.84 Å². The highest BCUT2D eigenvalue weighted by molar-refractivity contribution is 7.90. The van der Waals surface area contributed by atoms with E-state index in [1.807, 2.05) is 12.1 Å². The summed E-state index contributed by atoms with van der Waals surface area (Å²) in [5.74, 6) is 1.04. The van der Waals surface area contributed by atoms with Crippen molar-refractivity contribution < 1.29 is 8.42 Å². The van der Waals surface area contributed by atoms with Crippen molar-refractivity contribution in [3.63, 3.8) is 0 Å². The van der Waals surface area contributed by atoms with E-state index >= 15 is 0 Å². The zero-order chi connectivity index (χ0) is 17.2. The highest BCUT2D eigenvalue weighted by atomic mass is 32.2. The Bertz CT molecular complexity index is 808. The van der Waals surface area contributed by atoms with E-state index in [4.69, 9.17) is 4.98 Å². The minimum atomic E-state index is -3.17. The summed E-state index contributed by atoms with van der Waals surface area (Å²) in [6.45, 7) is 4.27. The monoisotopic (exact) mass is 344 g/mol. The number of sulfone groups is 1. The molecule has 5 heteroatoms. The molecule has 1 aromatic carbocycles. The Balaban J connectivity index is 1.97. The molecule has 1 saturated heterocycles. The zero-order valence-electron chi connectivity index (χ0n) is 14.3. The van der Waals surface area contributed by atoms with E-state index in [1.54, 1.807) is 12.1 Å². The Labute approximate surface area is 144 Å². The summed E-state index contributed by atoms with van der Waals surface area (Å²) in [4.78, 5) is 7.54. The van der Waals surface area contributed by atoms with Crippen molar-refractivity contribution in [3.05, 3.63) is 42.0 Å². The molecule has 2 aromatic rings. The first-order valence-corrected chi connectivity index (χ1v) is 10.4. The molecule has 3 rings (SSSR count). The fourth-order valence-electron chi connectivity index (χ4n) is 3.08. The van der Waals surface area contributed by atoms with Crippen LogP contribution in [0.15, 0.2) is 41.3 Å². The van der Waals surface area contributed by atoms with Gasteiger partial charge >= 0.3 is 0 Å². The van der Waals surface area contributed by atoms with E-state index in [0.29, 0.717) is 4.90 Å². The van der Waals surface area contributed by atoms with Crippen molar-refractivity contribution in [1.82, 2.24) is 4.98 Å². The van der Waals surface area contributed by atoms with Gasteiger partial charge < -0.3 is 4.90 Å². The van der Waals surface area contributed by atoms with Gasteiger partial charge in [0.1, 0.15) is 5.82 Å². The predicted molar refractivity (Wildman–Crippen MR) is 98.2 cm³/mol. The molecule has 1 aliphatic rings. The number of rotatable bonds is 4. The van der Waals surface area contributed by atoms with E-state index in [0.717, 1.165) is 36.6 Å². The Morgan fingerprint density at radius 1 is 1.04 bits per heavy atom. The second-order valence-electron chi connectivity index (χ2n) is 6.42. The fraction of sp³-hybridized carbons (Fsp3) is 0.421. The lowest BCUT2D eigenvalue weighted by Gasteiger charge is -2.28. The van der Waals surface area contributed by atoms with Crippen LogP contribution in [0.5, 0.6) is 0 Å². The SMILES string of the molecule is CCc1cc(-c2ccc(S(C)(=O)=O)cc2)nc(N2CCCCC2)c1. The minimum absolute atomic E-state index is 0.342. The highest BCUT2D eigenvalue weighted by Crippen LogP contribution is 2.26. The Morgan fingerprint density at radius 2 is 1.71 bits per heavy atom. The molecule has 0 radical (unpaired) electrons. The van der Waals surface area contributed by atoms with Crippen LogP contribution in [0.2, 0.25) is 0 Å². The van der Waals surface area contributed by atoms with Gasteiger partial charge in [0.25, 0.3) is 0 Å². The van der Waals surface area contributed by atoms with Gasteiger partial charge in [-0.2, -0.15) is 0 Å². The van der Waals surface area contributed by atoms with Crippen molar-refractivity contribution in [1.29, 1.82) is 0 Å². The summed E-state index contributed by atoms with van der Waals surface area (Å²) in [7, 11) is -3.17. The minimum Gasteiger partial charge on any atom is -0.357 e. The Kier molecular flexibility index (Phi) is 4.90. The summed E-state index contributed by atoms with van der Waals surface area (Å²) >= 11 is 0. The molecule has 1 aromatic heterocycles. The number of pyridine rings is 1. The molecule has 1 fully saturated rings. The summed E-state index contributed by atoms with van der Waals surface area (Å²) in [6, 6.07) is 11.3. The van der Waals surface area contributed by atoms with Crippen LogP contribution in [-0.2, 0) is 16.3 Å². The second kappa shape index (κ2) is 6.93. The number of piperidine rings is 1. The van der Waals surface area contributed by atoms with Crippen LogP contribution < -0.4 is 4.90 Å². The first kappa shape index (κ1) is 17.0. The van der Waals surface area contributed by atoms with Gasteiger partial charge in [-0.1, -0.05) is 19.1 Å². The lowest BCUT2D eigenvalue weighted by Crippen LogP contribution is -2.30. The van der Waals surface area contributed by atoms with Crippen LogP contribution in [0.1, 0.15) is 31.7 Å². The molecule has 0 atom stereocenters. The van der Waals surface area contributed by atoms with Gasteiger partial charge in [0.05, 0.1) is 10.6 Å². The van der Waals surface area contributed by atoms with Crippen LogP contribution in [0.25, 0.3) is 11.3 Å². The van der Waals surface area contributed by atoms with Crippen molar-refractivity contribution >= 4 is 15.7 Å². The normalized spacial score (nSPS) is 15.5. The zero-order valence-corrected chi connectivity index (χ0v) is 15.1. The van der Waals surface area contributed by atoms with Crippen molar-refractivity contribution in [3.8, 4) is 11.3 Å². The van der Waals surface area contributed by atoms with Gasteiger partial charge in [0.15, 0.2) is 9.84 Å². The maximum Gasteiger partial charge on any atom is 0.175 e. The standard InChI is InChI=1S/C19H24N2O2S/c1-3-15-13-18(16-7-9-17(10-8-16)24(2,22)23)20-19(14-15)21-11-5-4-6-12-21/h7-10,13-14H,3-6,11-12H2,1-2H3. The molecule has 0 amide bonds. The molecular weight excluding hydrogens is 320 g/mol. The van der Waals surface area contributed by atoms with Crippen molar-refractivity contribution in [2.45, 2.75) is 37.5 Å². The first-order valence-electron chi connectivity index (χ1n) is 8.54. The van der Waals surface area contributed by atoms with Crippen LogP contribution in [0, 0.1) is 0 Å². The van der Waals surface area contributed by atoms with E-state index in [-0.39, 0.29) is 0 Å². The van der Waals surface area contributed by atoms with Crippen molar-refractivity contribution in [2.24, 2.45) is 0 Å². The number of hydrogen-bond donors (Lipinski definition) is 0. The summed E-state index contributed by atoms with van der Waals surface area (Å²) in [5.41, 5.74) is 3.12. The van der Waals surface area contributed by atoms with Gasteiger partial charge in [-0.3, -0.25) is 0 Å². The third kappa shape index (κ3) is 3.78. The number of aryl methyl sites for hydroxylation is 1. The molecular formula is C19H24N2O2S. The van der Waals surface area contributed by atoms with Gasteiger partial charge in [-0.25, -0.2) is 13.4 Å². The number of hydrogen-bond acceptors (Lipinski definition) is 4. The molecule has 0 saturated carbocycles. The smallest absolute Gasteiger partial charge is 0.175 e. The lowest BCUT2D eigenvalue weighted by molar-refractivity contribution is 0.573. The van der Waals surface area contributed by atoms with E-state index in [2.05, 4.69) is 24.0 Å². The molecule has 0 unspecified atom stereocenters. The van der Waals surface area contributed by atoms with Crippen molar-refractivity contribution in [2.75, 3.05) is 24.2 Å². The molecule has 0 bridgehead atoms. The molecule has 0 N–H and O–H groups in total. The molecule has 0 aliphatic carbocycles. The lowest BCUT2D eigenvalue weighted by atomic mass is 10.1. The fourth-order valence-corrected chi connectivity index (χ4v) is 3.71. The summed E-state index contributed by atoms with van der Waals surface area (Å²) < 4.78 is 23.2. The number of nitrogens with zero attached hydrogens (tertiary/aromatic N) is 2. The van der Waals surface area contributed by atoms with Crippen LogP contribution in [-0.4, -0.2) is 32.7 Å². The topological polar surface area (TPSA) is 50.3 Å². The van der Waals surface area contributed by atoms with Crippen LogP contribution >= 0.6 is 0 Å². The first-order chi connectivity index (χ1) is 11.5. The summed E-state index contributed by atoms with van der Waals surface area (Å²) in [6.07, 6.45) is 5.92. The average molecular weight is 344 g/mol. The quantitative estimate of drug-likeness (QED) is 0.848. The van der Waals surface area contributed by atoms with Gasteiger partial charge in [-0.15, -0.1) is 0 Å². The van der Waals surface area contributed by atoms with Gasteiger partial charge in [-0.05, 0) is 55.5 Å². The Morgan fingerprint density at radius 3 is 2.29 bits per heavy atom. The molecule has 4 nitrogen and oxygen atoms in total. The van der Waals surface area contributed by atoms with E-state index in [9.17, 15) is 8.42 Å². The molecule has 128 valence electrons. The molecule has 24 heavy (non-hydrogen) atoms. The highest BCUT2D eigenvalue weighted by Gasteiger charge is 2.14. The van der Waals surface area contributed by atoms with E-state index in [1.165, 1.54) is 31.1 Å². The summed E-state index contributed by atoms with van der Waals surface area (Å²) in [5, 5.41) is 0. The maximum absolute atomic E-state index is 11.6. The predicted octanol–water partition coefficient (Wildman–Crippen LogP) is 3.70. The average Bonchev–Trinajstić information content (AvgIpc) is 2.61. The third-order valence-corrected chi connectivity index (χ3v) is 5.67. The second-order valence-corrected chi connectivity index (χ2v) is 8.43. The maximum atomic E-state index is 11.6. The number of aromatic nitrogens is 1. The molecule has 0 spiro atoms.